The van der Waals surface area contributed by atoms with Crippen molar-refractivity contribution in [3.8, 4) is 0 Å². The second-order valence-corrected chi connectivity index (χ2v) is 5.33. The fourth-order valence-electron chi connectivity index (χ4n) is 3.17. The van der Waals surface area contributed by atoms with Crippen molar-refractivity contribution >= 4 is 11.6 Å². The summed E-state index contributed by atoms with van der Waals surface area (Å²) in [5.74, 6) is 0.272. The first kappa shape index (κ1) is 12.0. The lowest BCUT2D eigenvalue weighted by atomic mass is 9.68. The minimum atomic E-state index is -0.572. The van der Waals surface area contributed by atoms with Crippen molar-refractivity contribution in [2.75, 3.05) is 5.32 Å². The molecule has 3 rings (SSSR count). The highest BCUT2D eigenvalue weighted by Crippen LogP contribution is 2.47. The van der Waals surface area contributed by atoms with E-state index in [0.29, 0.717) is 0 Å². The van der Waals surface area contributed by atoms with E-state index in [-0.39, 0.29) is 11.8 Å². The van der Waals surface area contributed by atoms with Crippen LogP contribution in [0.4, 0.5) is 5.69 Å². The first-order chi connectivity index (χ1) is 9.17. The molecule has 0 spiro atoms. The summed E-state index contributed by atoms with van der Waals surface area (Å²) < 4.78 is 0. The first-order valence-corrected chi connectivity index (χ1v) is 6.64. The summed E-state index contributed by atoms with van der Waals surface area (Å²) in [5.41, 5.74) is 2.51. The van der Waals surface area contributed by atoms with E-state index >= 15 is 0 Å². The molecule has 0 saturated heterocycles. The normalized spacial score (nSPS) is 21.3. The van der Waals surface area contributed by atoms with Gasteiger partial charge in [0.15, 0.2) is 0 Å². The van der Waals surface area contributed by atoms with Gasteiger partial charge in [0.25, 0.3) is 0 Å². The van der Waals surface area contributed by atoms with Crippen LogP contribution in [-0.2, 0) is 10.2 Å². The standard InChI is InChI=1S/C17H17NO/c1-12(2)17(13-8-4-3-5-9-13)14-10-6-7-11-15(14)18-16(17)19/h3-12H,1-2H3,(H,18,19). The van der Waals surface area contributed by atoms with Crippen molar-refractivity contribution in [3.63, 3.8) is 0 Å². The van der Waals surface area contributed by atoms with E-state index in [1.807, 2.05) is 48.5 Å². The van der Waals surface area contributed by atoms with Gasteiger partial charge in [-0.15, -0.1) is 0 Å². The molecule has 0 fully saturated rings. The fourth-order valence-corrected chi connectivity index (χ4v) is 3.17. The lowest BCUT2D eigenvalue weighted by molar-refractivity contribution is -0.120. The molecule has 2 nitrogen and oxygen atoms in total. The van der Waals surface area contributed by atoms with Gasteiger partial charge in [0.2, 0.25) is 5.91 Å². The summed E-state index contributed by atoms with van der Waals surface area (Å²) in [6, 6.07) is 18.0. The zero-order chi connectivity index (χ0) is 13.5. The van der Waals surface area contributed by atoms with Crippen LogP contribution in [0.5, 0.6) is 0 Å². The Morgan fingerprint density at radius 2 is 1.58 bits per heavy atom. The number of para-hydroxylation sites is 1. The van der Waals surface area contributed by atoms with E-state index in [9.17, 15) is 4.79 Å². The number of hydrogen-bond acceptors (Lipinski definition) is 1. The Labute approximate surface area is 113 Å². The molecule has 0 aromatic heterocycles. The van der Waals surface area contributed by atoms with Gasteiger partial charge in [-0.1, -0.05) is 62.4 Å². The van der Waals surface area contributed by atoms with Gasteiger partial charge < -0.3 is 5.32 Å². The largest absolute Gasteiger partial charge is 0.325 e. The number of anilines is 1. The van der Waals surface area contributed by atoms with Gasteiger partial charge in [0.1, 0.15) is 5.41 Å². The molecule has 0 radical (unpaired) electrons. The second kappa shape index (κ2) is 4.23. The van der Waals surface area contributed by atoms with Gasteiger partial charge in [-0.3, -0.25) is 4.79 Å². The molecule has 2 aromatic rings. The Kier molecular flexibility index (Phi) is 2.67. The van der Waals surface area contributed by atoms with Crippen molar-refractivity contribution in [1.29, 1.82) is 0 Å². The molecule has 0 saturated carbocycles. The van der Waals surface area contributed by atoms with Gasteiger partial charge in [-0.2, -0.15) is 0 Å². The smallest absolute Gasteiger partial charge is 0.239 e. The molecule has 2 heteroatoms. The first-order valence-electron chi connectivity index (χ1n) is 6.64. The molecule has 2 aromatic carbocycles. The number of carbonyl (C=O) groups excluding carboxylic acids is 1. The predicted molar refractivity (Wildman–Crippen MR) is 77.1 cm³/mol. The third-order valence-electron chi connectivity index (χ3n) is 4.05. The monoisotopic (exact) mass is 251 g/mol. The average molecular weight is 251 g/mol. The number of rotatable bonds is 2. The molecule has 0 aliphatic carbocycles. The van der Waals surface area contributed by atoms with Gasteiger partial charge in [-0.05, 0) is 23.1 Å². The van der Waals surface area contributed by atoms with Crippen molar-refractivity contribution < 1.29 is 4.79 Å². The highest BCUT2D eigenvalue weighted by atomic mass is 16.2. The zero-order valence-corrected chi connectivity index (χ0v) is 11.2. The molecule has 1 N–H and O–H groups in total. The summed E-state index contributed by atoms with van der Waals surface area (Å²) in [4.78, 5) is 12.7. The maximum atomic E-state index is 12.7. The fraction of sp³-hybridized carbons (Fsp3) is 0.235. The Hall–Kier alpha value is -2.09. The molecule has 1 amide bonds. The quantitative estimate of drug-likeness (QED) is 0.868. The SMILES string of the molecule is CC(C)C1(c2ccccc2)C(=O)Nc2ccccc21. The van der Waals surface area contributed by atoms with Crippen LogP contribution in [0.3, 0.4) is 0 Å². The average Bonchev–Trinajstić information content (AvgIpc) is 2.72. The number of hydrogen-bond donors (Lipinski definition) is 1. The summed E-state index contributed by atoms with van der Waals surface area (Å²) in [6.07, 6.45) is 0. The highest BCUT2D eigenvalue weighted by molar-refractivity contribution is 6.08. The Morgan fingerprint density at radius 3 is 2.26 bits per heavy atom. The highest BCUT2D eigenvalue weighted by Gasteiger charge is 2.50. The van der Waals surface area contributed by atoms with Crippen LogP contribution in [0.15, 0.2) is 54.6 Å². The van der Waals surface area contributed by atoms with Crippen LogP contribution >= 0.6 is 0 Å². The zero-order valence-electron chi connectivity index (χ0n) is 11.2. The summed E-state index contributed by atoms with van der Waals surface area (Å²) >= 11 is 0. The number of amides is 1. The van der Waals surface area contributed by atoms with Crippen LogP contribution in [0.2, 0.25) is 0 Å². The van der Waals surface area contributed by atoms with E-state index in [2.05, 4.69) is 25.2 Å². The molecule has 1 aliphatic heterocycles. The molecule has 0 bridgehead atoms. The molecule has 1 unspecified atom stereocenters. The number of fused-ring (bicyclic) bond motifs is 1. The maximum Gasteiger partial charge on any atom is 0.239 e. The van der Waals surface area contributed by atoms with Crippen molar-refractivity contribution in [3.05, 3.63) is 65.7 Å². The van der Waals surface area contributed by atoms with Crippen LogP contribution < -0.4 is 5.32 Å². The molecular formula is C17H17NO. The van der Waals surface area contributed by atoms with E-state index in [1.54, 1.807) is 0 Å². The van der Waals surface area contributed by atoms with Crippen LogP contribution in [0.1, 0.15) is 25.0 Å². The van der Waals surface area contributed by atoms with Crippen molar-refractivity contribution in [2.24, 2.45) is 5.92 Å². The molecule has 1 atom stereocenters. The number of benzene rings is 2. The van der Waals surface area contributed by atoms with Gasteiger partial charge in [0.05, 0.1) is 0 Å². The van der Waals surface area contributed by atoms with Crippen LogP contribution in [0.25, 0.3) is 0 Å². The van der Waals surface area contributed by atoms with E-state index < -0.39 is 5.41 Å². The number of carbonyl (C=O) groups is 1. The summed E-state index contributed by atoms with van der Waals surface area (Å²) in [7, 11) is 0. The molecule has 19 heavy (non-hydrogen) atoms. The van der Waals surface area contributed by atoms with E-state index in [0.717, 1.165) is 16.8 Å². The van der Waals surface area contributed by atoms with Crippen molar-refractivity contribution in [1.82, 2.24) is 0 Å². The predicted octanol–water partition coefficient (Wildman–Crippen LogP) is 3.58. The lowest BCUT2D eigenvalue weighted by Gasteiger charge is -2.32. The molecule has 1 aliphatic rings. The topological polar surface area (TPSA) is 29.1 Å². The Morgan fingerprint density at radius 1 is 0.947 bits per heavy atom. The van der Waals surface area contributed by atoms with Gasteiger partial charge >= 0.3 is 0 Å². The Bertz CT molecular complexity index is 618. The third-order valence-corrected chi connectivity index (χ3v) is 4.05. The molecule has 1 heterocycles. The van der Waals surface area contributed by atoms with Crippen LogP contribution in [-0.4, -0.2) is 5.91 Å². The third kappa shape index (κ3) is 1.53. The lowest BCUT2D eigenvalue weighted by Crippen LogP contribution is -2.40. The second-order valence-electron chi connectivity index (χ2n) is 5.33. The van der Waals surface area contributed by atoms with Crippen molar-refractivity contribution in [2.45, 2.75) is 19.3 Å². The molecular weight excluding hydrogens is 234 g/mol. The maximum absolute atomic E-state index is 12.7. The summed E-state index contributed by atoms with van der Waals surface area (Å²) in [5, 5.41) is 3.03. The number of nitrogens with one attached hydrogen (secondary N) is 1. The van der Waals surface area contributed by atoms with E-state index in [1.165, 1.54) is 0 Å². The molecule has 96 valence electrons. The minimum Gasteiger partial charge on any atom is -0.325 e. The Balaban J connectivity index is 2.31. The minimum absolute atomic E-state index is 0.0786. The summed E-state index contributed by atoms with van der Waals surface area (Å²) in [6.45, 7) is 4.21. The van der Waals surface area contributed by atoms with E-state index in [4.69, 9.17) is 0 Å². The van der Waals surface area contributed by atoms with Crippen LogP contribution in [0, 0.1) is 5.92 Å². The van der Waals surface area contributed by atoms with Gasteiger partial charge in [0, 0.05) is 5.69 Å². The van der Waals surface area contributed by atoms with Gasteiger partial charge in [-0.25, -0.2) is 0 Å².